The van der Waals surface area contributed by atoms with Crippen molar-refractivity contribution in [2.45, 2.75) is 25.4 Å². The van der Waals surface area contributed by atoms with E-state index in [1.165, 1.54) is 0 Å². The Hall–Kier alpha value is -1.44. The van der Waals surface area contributed by atoms with E-state index < -0.39 is 43.3 Å². The van der Waals surface area contributed by atoms with Crippen molar-refractivity contribution >= 4 is 0 Å². The van der Waals surface area contributed by atoms with E-state index in [2.05, 4.69) is 4.74 Å². The molecule has 0 aliphatic carbocycles. The number of halogens is 6. The van der Waals surface area contributed by atoms with Gasteiger partial charge in [0.1, 0.15) is 5.75 Å². The molecule has 0 fully saturated rings. The van der Waals surface area contributed by atoms with Gasteiger partial charge in [-0.3, -0.25) is 0 Å². The van der Waals surface area contributed by atoms with E-state index in [9.17, 15) is 26.3 Å². The highest BCUT2D eigenvalue weighted by molar-refractivity contribution is 5.39. The Morgan fingerprint density at radius 1 is 1.05 bits per heavy atom. The van der Waals surface area contributed by atoms with Crippen LogP contribution >= 0.6 is 0 Å². The van der Waals surface area contributed by atoms with Crippen molar-refractivity contribution in [1.82, 2.24) is 0 Å². The molecule has 0 amide bonds. The summed E-state index contributed by atoms with van der Waals surface area (Å²) < 4.78 is 78.1. The molecule has 0 saturated heterocycles. The van der Waals surface area contributed by atoms with Gasteiger partial charge in [-0.05, 0) is 17.7 Å². The monoisotopic (exact) mass is 288 g/mol. The molecule has 0 bridgehead atoms. The molecule has 0 atom stereocenters. The lowest BCUT2D eigenvalue weighted by Crippen LogP contribution is -2.15. The van der Waals surface area contributed by atoms with E-state index in [0.717, 1.165) is 12.1 Å². The average molecular weight is 288 g/mol. The van der Waals surface area contributed by atoms with Crippen LogP contribution in [0.1, 0.15) is 17.5 Å². The Morgan fingerprint density at radius 3 is 2.16 bits per heavy atom. The molecule has 0 unspecified atom stereocenters. The maximum Gasteiger partial charge on any atom is 0.419 e. The fraction of sp³-hybridized carbons (Fsp3) is 0.455. The van der Waals surface area contributed by atoms with Gasteiger partial charge in [-0.15, -0.1) is 0 Å². The zero-order valence-corrected chi connectivity index (χ0v) is 9.48. The van der Waals surface area contributed by atoms with Crippen LogP contribution in [0.2, 0.25) is 0 Å². The smallest absolute Gasteiger partial charge is 0.419 e. The van der Waals surface area contributed by atoms with Crippen LogP contribution in [-0.2, 0) is 12.8 Å². The van der Waals surface area contributed by atoms with E-state index in [4.69, 9.17) is 5.11 Å². The molecule has 2 nitrogen and oxygen atoms in total. The molecule has 0 heterocycles. The first-order valence-corrected chi connectivity index (χ1v) is 5.14. The van der Waals surface area contributed by atoms with Gasteiger partial charge in [0.15, 0.2) is 0 Å². The van der Waals surface area contributed by atoms with E-state index in [-0.39, 0.29) is 5.56 Å². The highest BCUT2D eigenvalue weighted by Crippen LogP contribution is 2.37. The molecule has 0 aliphatic heterocycles. The lowest BCUT2D eigenvalue weighted by molar-refractivity contribution is -0.143. The van der Waals surface area contributed by atoms with Crippen LogP contribution in [0.4, 0.5) is 26.3 Å². The third-order valence-electron chi connectivity index (χ3n) is 2.18. The molecular weight excluding hydrogens is 278 g/mol. The second kappa shape index (κ2) is 5.68. The highest BCUT2D eigenvalue weighted by atomic mass is 19.4. The standard InChI is InChI=1S/C11H10F6O2/c12-10(13,14)3-4-19-9-2-1-7(6-18)5-8(9)11(15,16)17/h1-2,5,18H,3-4,6H2. The van der Waals surface area contributed by atoms with Gasteiger partial charge in [-0.25, -0.2) is 0 Å². The Labute approximate surface area is 104 Å². The Bertz CT molecular complexity index is 424. The fourth-order valence-corrected chi connectivity index (χ4v) is 1.30. The van der Waals surface area contributed by atoms with Crippen molar-refractivity contribution in [3.63, 3.8) is 0 Å². The van der Waals surface area contributed by atoms with Crippen molar-refractivity contribution in [1.29, 1.82) is 0 Å². The normalized spacial score (nSPS) is 12.6. The third-order valence-corrected chi connectivity index (χ3v) is 2.18. The molecule has 1 aromatic rings. The summed E-state index contributed by atoms with van der Waals surface area (Å²) in [6.45, 7) is -1.50. The minimum absolute atomic E-state index is 0.00417. The minimum Gasteiger partial charge on any atom is -0.493 e. The molecule has 0 spiro atoms. The number of rotatable bonds is 4. The molecule has 1 N–H and O–H groups in total. The third kappa shape index (κ3) is 4.98. The molecular formula is C11H10F6O2. The lowest BCUT2D eigenvalue weighted by atomic mass is 10.1. The number of hydrogen-bond acceptors (Lipinski definition) is 2. The Morgan fingerprint density at radius 2 is 1.68 bits per heavy atom. The molecule has 19 heavy (non-hydrogen) atoms. The molecule has 1 rings (SSSR count). The summed E-state index contributed by atoms with van der Waals surface area (Å²) in [6.07, 6.45) is -10.6. The summed E-state index contributed by atoms with van der Waals surface area (Å²) in [7, 11) is 0. The van der Waals surface area contributed by atoms with E-state index in [0.29, 0.717) is 6.07 Å². The predicted octanol–water partition coefficient (Wildman–Crippen LogP) is 3.53. The number of benzene rings is 1. The molecule has 1 aromatic carbocycles. The summed E-state index contributed by atoms with van der Waals surface area (Å²) in [4.78, 5) is 0. The zero-order chi connectivity index (χ0) is 14.7. The quantitative estimate of drug-likeness (QED) is 0.859. The first-order valence-electron chi connectivity index (χ1n) is 5.14. The number of hydrogen-bond donors (Lipinski definition) is 1. The number of ether oxygens (including phenoxy) is 1. The van der Waals surface area contributed by atoms with Gasteiger partial charge in [0.05, 0.1) is 25.2 Å². The number of aliphatic hydroxyl groups excluding tert-OH is 1. The van der Waals surface area contributed by atoms with Gasteiger partial charge in [0.25, 0.3) is 0 Å². The van der Waals surface area contributed by atoms with Crippen LogP contribution in [0.3, 0.4) is 0 Å². The molecule has 8 heteroatoms. The summed E-state index contributed by atoms with van der Waals surface area (Å²) in [5, 5.41) is 8.74. The predicted molar refractivity (Wildman–Crippen MR) is 53.5 cm³/mol. The van der Waals surface area contributed by atoms with Gasteiger partial charge in [0.2, 0.25) is 0 Å². The highest BCUT2D eigenvalue weighted by Gasteiger charge is 2.35. The number of alkyl halides is 6. The summed E-state index contributed by atoms with van der Waals surface area (Å²) >= 11 is 0. The van der Waals surface area contributed by atoms with Crippen LogP contribution in [0.25, 0.3) is 0 Å². The molecule has 108 valence electrons. The van der Waals surface area contributed by atoms with Crippen LogP contribution < -0.4 is 4.74 Å². The maximum absolute atomic E-state index is 12.6. The summed E-state index contributed by atoms with van der Waals surface area (Å²) in [6, 6.07) is 2.69. The largest absolute Gasteiger partial charge is 0.493 e. The summed E-state index contributed by atoms with van der Waals surface area (Å²) in [5.41, 5.74) is -1.21. The van der Waals surface area contributed by atoms with Gasteiger partial charge in [0, 0.05) is 0 Å². The van der Waals surface area contributed by atoms with Crippen LogP contribution in [0, 0.1) is 0 Å². The number of aliphatic hydroxyl groups is 1. The van der Waals surface area contributed by atoms with Gasteiger partial charge >= 0.3 is 12.4 Å². The first-order chi connectivity index (χ1) is 8.63. The Balaban J connectivity index is 2.88. The fourth-order valence-electron chi connectivity index (χ4n) is 1.30. The molecule has 0 saturated carbocycles. The first kappa shape index (κ1) is 15.6. The Kier molecular flexibility index (Phi) is 4.67. The van der Waals surface area contributed by atoms with Crippen molar-refractivity contribution < 1.29 is 36.2 Å². The maximum atomic E-state index is 12.6. The van der Waals surface area contributed by atoms with Crippen molar-refractivity contribution in [2.24, 2.45) is 0 Å². The van der Waals surface area contributed by atoms with E-state index in [1.54, 1.807) is 0 Å². The van der Waals surface area contributed by atoms with Crippen LogP contribution in [0.15, 0.2) is 18.2 Å². The van der Waals surface area contributed by atoms with E-state index >= 15 is 0 Å². The van der Waals surface area contributed by atoms with E-state index in [1.807, 2.05) is 0 Å². The van der Waals surface area contributed by atoms with Crippen molar-refractivity contribution in [2.75, 3.05) is 6.61 Å². The lowest BCUT2D eigenvalue weighted by Gasteiger charge is -2.15. The van der Waals surface area contributed by atoms with Gasteiger partial charge in [-0.2, -0.15) is 26.3 Å². The second-order valence-electron chi connectivity index (χ2n) is 3.70. The van der Waals surface area contributed by atoms with Crippen molar-refractivity contribution in [3.8, 4) is 5.75 Å². The SMILES string of the molecule is OCc1ccc(OCCC(F)(F)F)c(C(F)(F)F)c1. The van der Waals surface area contributed by atoms with Crippen molar-refractivity contribution in [3.05, 3.63) is 29.3 Å². The minimum atomic E-state index is -4.77. The van der Waals surface area contributed by atoms with Gasteiger partial charge < -0.3 is 9.84 Å². The van der Waals surface area contributed by atoms with Crippen LogP contribution in [-0.4, -0.2) is 17.9 Å². The zero-order valence-electron chi connectivity index (χ0n) is 9.48. The topological polar surface area (TPSA) is 29.5 Å². The molecule has 0 aromatic heterocycles. The van der Waals surface area contributed by atoms with Gasteiger partial charge in [-0.1, -0.05) is 6.07 Å². The van der Waals surface area contributed by atoms with Crippen LogP contribution in [0.5, 0.6) is 5.75 Å². The second-order valence-corrected chi connectivity index (χ2v) is 3.70. The summed E-state index contributed by atoms with van der Waals surface area (Å²) in [5.74, 6) is -0.686. The molecule has 0 aliphatic rings. The molecule has 0 radical (unpaired) electrons. The average Bonchev–Trinajstić information content (AvgIpc) is 2.26.